The van der Waals surface area contributed by atoms with E-state index < -0.39 is 4.92 Å². The molecule has 0 atom stereocenters. The Hall–Kier alpha value is -1.17. The van der Waals surface area contributed by atoms with Crippen molar-refractivity contribution >= 4 is 21.7 Å². The summed E-state index contributed by atoms with van der Waals surface area (Å²) in [6.07, 6.45) is 0. The number of nitro groups is 1. The first-order valence-corrected chi connectivity index (χ1v) is 4.37. The summed E-state index contributed by atoms with van der Waals surface area (Å²) in [7, 11) is 0. The minimum atomic E-state index is -0.562. The summed E-state index contributed by atoms with van der Waals surface area (Å²) in [6, 6.07) is 2.87. The first-order chi connectivity index (χ1) is 6.13. The van der Waals surface area contributed by atoms with Crippen molar-refractivity contribution < 1.29 is 9.66 Å². The van der Waals surface area contributed by atoms with Gasteiger partial charge >= 0.3 is 5.82 Å². The number of halogens is 1. The molecule has 0 radical (unpaired) electrons. The zero-order valence-electron chi connectivity index (χ0n) is 6.86. The van der Waals surface area contributed by atoms with Gasteiger partial charge in [-0.15, -0.1) is 0 Å². The first-order valence-electron chi connectivity index (χ1n) is 3.58. The molecule has 0 saturated heterocycles. The molecular weight excluding hydrogens is 240 g/mol. The quantitative estimate of drug-likeness (QED) is 0.466. The van der Waals surface area contributed by atoms with Crippen molar-refractivity contribution in [3.63, 3.8) is 0 Å². The second-order valence-electron chi connectivity index (χ2n) is 2.17. The molecule has 1 aromatic heterocycles. The summed E-state index contributed by atoms with van der Waals surface area (Å²) >= 11 is 3.06. The van der Waals surface area contributed by atoms with Crippen LogP contribution in [-0.4, -0.2) is 16.5 Å². The third kappa shape index (κ3) is 2.66. The lowest BCUT2D eigenvalue weighted by Gasteiger charge is -2.01. The summed E-state index contributed by atoms with van der Waals surface area (Å²) in [5.41, 5.74) is 0. The van der Waals surface area contributed by atoms with Crippen molar-refractivity contribution in [1.29, 1.82) is 0 Å². The second kappa shape index (κ2) is 4.18. The van der Waals surface area contributed by atoms with E-state index in [4.69, 9.17) is 4.74 Å². The highest BCUT2D eigenvalue weighted by Crippen LogP contribution is 2.22. The molecule has 13 heavy (non-hydrogen) atoms. The summed E-state index contributed by atoms with van der Waals surface area (Å²) in [4.78, 5) is 13.5. The fourth-order valence-corrected chi connectivity index (χ4v) is 1.21. The zero-order chi connectivity index (χ0) is 9.84. The Balaban J connectivity index is 3.03. The lowest BCUT2D eigenvalue weighted by molar-refractivity contribution is -0.389. The predicted molar refractivity (Wildman–Crippen MR) is 49.8 cm³/mol. The highest BCUT2D eigenvalue weighted by molar-refractivity contribution is 9.10. The molecule has 0 aliphatic carbocycles. The first kappa shape index (κ1) is 9.91. The molecule has 0 saturated carbocycles. The van der Waals surface area contributed by atoms with Crippen molar-refractivity contribution in [2.45, 2.75) is 6.92 Å². The minimum absolute atomic E-state index is 0.224. The highest BCUT2D eigenvalue weighted by Gasteiger charge is 2.11. The van der Waals surface area contributed by atoms with Crippen molar-refractivity contribution in [3.05, 3.63) is 26.9 Å². The van der Waals surface area contributed by atoms with Gasteiger partial charge in [0, 0.05) is 22.0 Å². The standard InChI is InChI=1S/C7H7BrN2O3/c1-2-13-5-3-6(8)9-7(4-5)10(11)12/h3-4H,2H2,1H3. The van der Waals surface area contributed by atoms with Gasteiger partial charge in [0.2, 0.25) is 4.60 Å². The van der Waals surface area contributed by atoms with Crippen LogP contribution in [-0.2, 0) is 0 Å². The fourth-order valence-electron chi connectivity index (χ4n) is 0.804. The number of hydrogen-bond acceptors (Lipinski definition) is 4. The van der Waals surface area contributed by atoms with E-state index in [1.165, 1.54) is 6.07 Å². The van der Waals surface area contributed by atoms with Crippen LogP contribution < -0.4 is 4.74 Å². The van der Waals surface area contributed by atoms with Gasteiger partial charge in [0.1, 0.15) is 5.75 Å². The van der Waals surface area contributed by atoms with Gasteiger partial charge in [-0.2, -0.15) is 0 Å². The molecule has 1 aromatic rings. The molecule has 1 rings (SSSR count). The monoisotopic (exact) mass is 246 g/mol. The Kier molecular flexibility index (Phi) is 3.18. The molecule has 0 unspecified atom stereocenters. The topological polar surface area (TPSA) is 65.3 Å². The Morgan fingerprint density at radius 3 is 2.92 bits per heavy atom. The van der Waals surface area contributed by atoms with Gasteiger partial charge in [0.25, 0.3) is 0 Å². The Morgan fingerprint density at radius 2 is 2.38 bits per heavy atom. The Bertz CT molecular complexity index is 330. The molecule has 0 amide bonds. The number of hydrogen-bond donors (Lipinski definition) is 0. The number of nitrogens with zero attached hydrogens (tertiary/aromatic N) is 2. The molecule has 1 heterocycles. The summed E-state index contributed by atoms with van der Waals surface area (Å²) in [5.74, 6) is 0.217. The smallest absolute Gasteiger partial charge is 0.368 e. The summed E-state index contributed by atoms with van der Waals surface area (Å²) < 4.78 is 5.50. The van der Waals surface area contributed by atoms with Crippen LogP contribution >= 0.6 is 15.9 Å². The molecule has 0 fully saturated rings. The van der Waals surface area contributed by atoms with Crippen LogP contribution in [0.5, 0.6) is 5.75 Å². The van der Waals surface area contributed by atoms with Crippen molar-refractivity contribution in [2.75, 3.05) is 6.61 Å². The normalized spacial score (nSPS) is 9.69. The van der Waals surface area contributed by atoms with E-state index >= 15 is 0 Å². The van der Waals surface area contributed by atoms with Crippen LogP contribution in [0.4, 0.5) is 5.82 Å². The van der Waals surface area contributed by atoms with Gasteiger partial charge in [0.15, 0.2) is 0 Å². The average molecular weight is 247 g/mol. The van der Waals surface area contributed by atoms with Gasteiger partial charge in [-0.1, -0.05) is 0 Å². The number of ether oxygens (including phenoxy) is 1. The van der Waals surface area contributed by atoms with Crippen LogP contribution in [0.2, 0.25) is 0 Å². The minimum Gasteiger partial charge on any atom is -0.493 e. The third-order valence-corrected chi connectivity index (χ3v) is 1.66. The van der Waals surface area contributed by atoms with Crippen LogP contribution in [0.15, 0.2) is 16.7 Å². The van der Waals surface area contributed by atoms with Gasteiger partial charge in [-0.3, -0.25) is 0 Å². The van der Waals surface area contributed by atoms with Crippen LogP contribution in [0.3, 0.4) is 0 Å². The molecule has 0 aromatic carbocycles. The average Bonchev–Trinajstić information content (AvgIpc) is 2.03. The van der Waals surface area contributed by atoms with E-state index in [9.17, 15) is 10.1 Å². The summed E-state index contributed by atoms with van der Waals surface area (Å²) in [6.45, 7) is 2.27. The van der Waals surface area contributed by atoms with Crippen molar-refractivity contribution in [3.8, 4) is 5.75 Å². The van der Waals surface area contributed by atoms with Gasteiger partial charge in [-0.25, -0.2) is 0 Å². The van der Waals surface area contributed by atoms with E-state index in [1.807, 2.05) is 0 Å². The Morgan fingerprint density at radius 1 is 1.69 bits per heavy atom. The Labute approximate surface area is 83.0 Å². The van der Waals surface area contributed by atoms with Gasteiger partial charge in [0.05, 0.1) is 12.7 Å². The molecule has 0 aliphatic rings. The molecule has 70 valence electrons. The largest absolute Gasteiger partial charge is 0.493 e. The van der Waals surface area contributed by atoms with E-state index in [-0.39, 0.29) is 5.82 Å². The molecule has 0 bridgehead atoms. The van der Waals surface area contributed by atoms with Crippen LogP contribution in [0.25, 0.3) is 0 Å². The maximum atomic E-state index is 10.4. The maximum absolute atomic E-state index is 10.4. The second-order valence-corrected chi connectivity index (χ2v) is 2.99. The highest BCUT2D eigenvalue weighted by atomic mass is 79.9. The SMILES string of the molecule is CCOc1cc(Br)nc([N+](=O)[O-])c1. The van der Waals surface area contributed by atoms with Crippen molar-refractivity contribution in [1.82, 2.24) is 4.98 Å². The third-order valence-electron chi connectivity index (χ3n) is 1.25. The van der Waals surface area contributed by atoms with Crippen LogP contribution in [0, 0.1) is 10.1 Å². The van der Waals surface area contributed by atoms with E-state index in [2.05, 4.69) is 20.9 Å². The number of rotatable bonds is 3. The van der Waals surface area contributed by atoms with E-state index in [0.717, 1.165) is 0 Å². The molecule has 0 N–H and O–H groups in total. The van der Waals surface area contributed by atoms with E-state index in [1.54, 1.807) is 13.0 Å². The fraction of sp³-hybridized carbons (Fsp3) is 0.286. The molecule has 6 heteroatoms. The van der Waals surface area contributed by atoms with Gasteiger partial charge < -0.3 is 14.9 Å². The van der Waals surface area contributed by atoms with Gasteiger partial charge in [-0.05, 0) is 16.8 Å². The zero-order valence-corrected chi connectivity index (χ0v) is 8.44. The number of aromatic nitrogens is 1. The molecule has 0 spiro atoms. The molecule has 5 nitrogen and oxygen atoms in total. The molecular formula is C7H7BrN2O3. The summed E-state index contributed by atoms with van der Waals surface area (Å²) in [5, 5.41) is 10.4. The lowest BCUT2D eigenvalue weighted by Crippen LogP contribution is -1.96. The maximum Gasteiger partial charge on any atom is 0.368 e. The number of pyridine rings is 1. The van der Waals surface area contributed by atoms with E-state index in [0.29, 0.717) is 17.0 Å². The van der Waals surface area contributed by atoms with Crippen LogP contribution in [0.1, 0.15) is 6.92 Å². The van der Waals surface area contributed by atoms with Crippen molar-refractivity contribution in [2.24, 2.45) is 0 Å². The lowest BCUT2D eigenvalue weighted by atomic mass is 10.4. The predicted octanol–water partition coefficient (Wildman–Crippen LogP) is 2.15. The molecule has 0 aliphatic heterocycles.